The molecule has 64 valence electrons. The van der Waals surface area contributed by atoms with E-state index in [0.29, 0.717) is 12.6 Å². The fraction of sp³-hybridized carbons (Fsp3) is 0.444. The van der Waals surface area contributed by atoms with E-state index in [2.05, 4.69) is 10.3 Å². The summed E-state index contributed by atoms with van der Waals surface area (Å²) >= 11 is 0. The Balaban J connectivity index is 2.11. The largest absolute Gasteiger partial charge is 0.392 e. The Bertz CT molecular complexity index is 250. The highest BCUT2D eigenvalue weighted by molar-refractivity contribution is 5.16. The SMILES string of the molecule is OC1CNC(c2ccncc2)C1. The predicted molar refractivity (Wildman–Crippen MR) is 45.6 cm³/mol. The zero-order valence-corrected chi connectivity index (χ0v) is 6.77. The first-order chi connectivity index (χ1) is 5.86. The topological polar surface area (TPSA) is 45.1 Å². The van der Waals surface area contributed by atoms with Gasteiger partial charge in [-0.15, -0.1) is 0 Å². The predicted octanol–water partition coefficient (Wildman–Crippen LogP) is 0.477. The molecule has 12 heavy (non-hydrogen) atoms. The molecule has 3 nitrogen and oxygen atoms in total. The Morgan fingerprint density at radius 3 is 2.75 bits per heavy atom. The highest BCUT2D eigenvalue weighted by atomic mass is 16.3. The Kier molecular flexibility index (Phi) is 2.06. The van der Waals surface area contributed by atoms with Crippen LogP contribution in [0.15, 0.2) is 24.5 Å². The van der Waals surface area contributed by atoms with Crippen molar-refractivity contribution >= 4 is 0 Å². The van der Waals surface area contributed by atoms with Gasteiger partial charge >= 0.3 is 0 Å². The van der Waals surface area contributed by atoms with Crippen molar-refractivity contribution in [3.63, 3.8) is 0 Å². The molecule has 2 unspecified atom stereocenters. The molecular formula is C9H12N2O. The minimum Gasteiger partial charge on any atom is -0.392 e. The fourth-order valence-corrected chi connectivity index (χ4v) is 1.57. The molecule has 2 heterocycles. The number of β-amino-alcohol motifs (C(OH)–C–C–N with tert-alkyl or cyclic N) is 1. The maximum atomic E-state index is 9.28. The smallest absolute Gasteiger partial charge is 0.0682 e. The molecule has 0 spiro atoms. The zero-order chi connectivity index (χ0) is 8.39. The molecule has 3 heteroatoms. The second-order valence-corrected chi connectivity index (χ2v) is 3.13. The van der Waals surface area contributed by atoms with Crippen molar-refractivity contribution in [2.24, 2.45) is 0 Å². The normalized spacial score (nSPS) is 29.1. The Labute approximate surface area is 71.4 Å². The molecule has 0 radical (unpaired) electrons. The molecule has 0 aromatic carbocycles. The molecule has 2 rings (SSSR count). The lowest BCUT2D eigenvalue weighted by atomic mass is 10.1. The molecule has 0 amide bonds. The zero-order valence-electron chi connectivity index (χ0n) is 6.77. The molecule has 2 atom stereocenters. The van der Waals surface area contributed by atoms with E-state index in [1.165, 1.54) is 5.56 Å². The summed E-state index contributed by atoms with van der Waals surface area (Å²) in [6.45, 7) is 0.701. The number of hydrogen-bond acceptors (Lipinski definition) is 3. The Morgan fingerprint density at radius 2 is 2.17 bits per heavy atom. The maximum absolute atomic E-state index is 9.28. The molecule has 1 aliphatic heterocycles. The lowest BCUT2D eigenvalue weighted by Gasteiger charge is -2.08. The summed E-state index contributed by atoms with van der Waals surface area (Å²) in [5.74, 6) is 0. The monoisotopic (exact) mass is 164 g/mol. The summed E-state index contributed by atoms with van der Waals surface area (Å²) in [5.41, 5.74) is 1.21. The summed E-state index contributed by atoms with van der Waals surface area (Å²) < 4.78 is 0. The number of nitrogens with zero attached hydrogens (tertiary/aromatic N) is 1. The van der Waals surface area contributed by atoms with Crippen LogP contribution in [0.3, 0.4) is 0 Å². The average molecular weight is 164 g/mol. The molecule has 1 aromatic heterocycles. The van der Waals surface area contributed by atoms with Crippen molar-refractivity contribution in [1.29, 1.82) is 0 Å². The summed E-state index contributed by atoms with van der Waals surface area (Å²) in [6.07, 6.45) is 4.18. The number of rotatable bonds is 1. The van der Waals surface area contributed by atoms with Gasteiger partial charge in [0.25, 0.3) is 0 Å². The second kappa shape index (κ2) is 3.21. The maximum Gasteiger partial charge on any atom is 0.0682 e. The van der Waals surface area contributed by atoms with Gasteiger partial charge in [0.1, 0.15) is 0 Å². The van der Waals surface area contributed by atoms with Gasteiger partial charge in [0.15, 0.2) is 0 Å². The van der Waals surface area contributed by atoms with Crippen molar-refractivity contribution in [2.45, 2.75) is 18.6 Å². The molecule has 0 bridgehead atoms. The van der Waals surface area contributed by atoms with Crippen LogP contribution in [0.2, 0.25) is 0 Å². The van der Waals surface area contributed by atoms with Crippen LogP contribution in [0, 0.1) is 0 Å². The third kappa shape index (κ3) is 1.47. The molecule has 0 aliphatic carbocycles. The number of aromatic nitrogens is 1. The highest BCUT2D eigenvalue weighted by Gasteiger charge is 2.22. The van der Waals surface area contributed by atoms with E-state index in [0.717, 1.165) is 6.42 Å². The van der Waals surface area contributed by atoms with Gasteiger partial charge in [-0.1, -0.05) is 0 Å². The molecular weight excluding hydrogens is 152 g/mol. The quantitative estimate of drug-likeness (QED) is 0.634. The van der Waals surface area contributed by atoms with Crippen LogP contribution in [0.1, 0.15) is 18.0 Å². The number of pyridine rings is 1. The van der Waals surface area contributed by atoms with E-state index < -0.39 is 0 Å². The summed E-state index contributed by atoms with van der Waals surface area (Å²) in [5, 5.41) is 12.5. The van der Waals surface area contributed by atoms with Gasteiger partial charge < -0.3 is 10.4 Å². The molecule has 1 saturated heterocycles. The van der Waals surface area contributed by atoms with Crippen LogP contribution in [-0.4, -0.2) is 22.7 Å². The van der Waals surface area contributed by atoms with E-state index >= 15 is 0 Å². The van der Waals surface area contributed by atoms with Gasteiger partial charge in [-0.25, -0.2) is 0 Å². The third-order valence-corrected chi connectivity index (χ3v) is 2.22. The lowest BCUT2D eigenvalue weighted by Crippen LogP contribution is -2.14. The van der Waals surface area contributed by atoms with Gasteiger partial charge in [0.05, 0.1) is 6.10 Å². The average Bonchev–Trinajstić information content (AvgIpc) is 2.54. The van der Waals surface area contributed by atoms with E-state index in [9.17, 15) is 5.11 Å². The standard InChI is InChI=1S/C9H12N2O/c12-8-5-9(11-6-8)7-1-3-10-4-2-7/h1-4,8-9,11-12H,5-6H2. The van der Waals surface area contributed by atoms with Crippen molar-refractivity contribution in [2.75, 3.05) is 6.54 Å². The summed E-state index contributed by atoms with van der Waals surface area (Å²) in [6, 6.07) is 4.27. The first-order valence-corrected chi connectivity index (χ1v) is 4.17. The van der Waals surface area contributed by atoms with Gasteiger partial charge in [-0.2, -0.15) is 0 Å². The molecule has 1 aliphatic rings. The first kappa shape index (κ1) is 7.71. The third-order valence-electron chi connectivity index (χ3n) is 2.22. The van der Waals surface area contributed by atoms with Crippen LogP contribution in [0.25, 0.3) is 0 Å². The summed E-state index contributed by atoms with van der Waals surface area (Å²) in [7, 11) is 0. The molecule has 2 N–H and O–H groups in total. The van der Waals surface area contributed by atoms with Crippen molar-refractivity contribution in [3.05, 3.63) is 30.1 Å². The van der Waals surface area contributed by atoms with Crippen LogP contribution >= 0.6 is 0 Å². The van der Waals surface area contributed by atoms with Gasteiger partial charge in [-0.05, 0) is 24.1 Å². The minimum absolute atomic E-state index is 0.192. The summed E-state index contributed by atoms with van der Waals surface area (Å²) in [4.78, 5) is 3.95. The van der Waals surface area contributed by atoms with Crippen LogP contribution in [0.4, 0.5) is 0 Å². The van der Waals surface area contributed by atoms with Crippen LogP contribution in [-0.2, 0) is 0 Å². The van der Waals surface area contributed by atoms with E-state index in [4.69, 9.17) is 0 Å². The number of hydrogen-bond donors (Lipinski definition) is 2. The van der Waals surface area contributed by atoms with Gasteiger partial charge in [0.2, 0.25) is 0 Å². The van der Waals surface area contributed by atoms with Gasteiger partial charge in [-0.3, -0.25) is 4.98 Å². The minimum atomic E-state index is -0.192. The molecule has 0 saturated carbocycles. The van der Waals surface area contributed by atoms with Crippen LogP contribution in [0.5, 0.6) is 0 Å². The van der Waals surface area contributed by atoms with E-state index in [1.807, 2.05) is 12.1 Å². The number of nitrogens with one attached hydrogen (secondary N) is 1. The lowest BCUT2D eigenvalue weighted by molar-refractivity contribution is 0.193. The van der Waals surface area contributed by atoms with E-state index in [-0.39, 0.29) is 6.10 Å². The molecule has 1 fully saturated rings. The van der Waals surface area contributed by atoms with Crippen molar-refractivity contribution < 1.29 is 5.11 Å². The Hall–Kier alpha value is -0.930. The fourth-order valence-electron chi connectivity index (χ4n) is 1.57. The first-order valence-electron chi connectivity index (χ1n) is 4.17. The van der Waals surface area contributed by atoms with E-state index in [1.54, 1.807) is 12.4 Å². The highest BCUT2D eigenvalue weighted by Crippen LogP contribution is 2.21. The van der Waals surface area contributed by atoms with Crippen molar-refractivity contribution in [3.8, 4) is 0 Å². The van der Waals surface area contributed by atoms with Crippen molar-refractivity contribution in [1.82, 2.24) is 10.3 Å². The Morgan fingerprint density at radius 1 is 1.42 bits per heavy atom. The second-order valence-electron chi connectivity index (χ2n) is 3.13. The number of aliphatic hydroxyl groups is 1. The number of aliphatic hydroxyl groups excluding tert-OH is 1. The molecule has 1 aromatic rings. The van der Waals surface area contributed by atoms with Gasteiger partial charge in [0, 0.05) is 25.0 Å². The van der Waals surface area contributed by atoms with Crippen LogP contribution < -0.4 is 5.32 Å².